The van der Waals surface area contributed by atoms with E-state index >= 15 is 0 Å². The molecule has 28 heavy (non-hydrogen) atoms. The summed E-state index contributed by atoms with van der Waals surface area (Å²) in [5.41, 5.74) is 2.91. The first-order valence-electron chi connectivity index (χ1n) is 9.06. The van der Waals surface area contributed by atoms with Gasteiger partial charge in [-0.2, -0.15) is 0 Å². The second kappa shape index (κ2) is 7.69. The first-order chi connectivity index (χ1) is 13.6. The van der Waals surface area contributed by atoms with Gasteiger partial charge < -0.3 is 24.9 Å². The smallest absolute Gasteiger partial charge is 0.323 e. The number of hydrogen-bond acceptors (Lipinski definition) is 4. The van der Waals surface area contributed by atoms with Gasteiger partial charge in [-0.15, -0.1) is 0 Å². The molecule has 0 radical (unpaired) electrons. The molecule has 1 aromatic heterocycles. The Morgan fingerprint density at radius 2 is 1.64 bits per heavy atom. The summed E-state index contributed by atoms with van der Waals surface area (Å²) in [6.45, 7) is 2.68. The van der Waals surface area contributed by atoms with Crippen molar-refractivity contribution in [3.63, 3.8) is 0 Å². The van der Waals surface area contributed by atoms with Crippen LogP contribution >= 0.6 is 0 Å². The number of aromatic amines is 2. The van der Waals surface area contributed by atoms with E-state index in [1.165, 1.54) is 0 Å². The van der Waals surface area contributed by atoms with Crippen LogP contribution in [0.25, 0.3) is 11.0 Å². The van der Waals surface area contributed by atoms with Crippen LogP contribution in [-0.2, 0) is 11.3 Å². The normalized spacial score (nSPS) is 14.2. The lowest BCUT2D eigenvalue weighted by Crippen LogP contribution is -2.40. The molecule has 1 fully saturated rings. The van der Waals surface area contributed by atoms with Crippen LogP contribution < -0.4 is 11.0 Å². The topological polar surface area (TPSA) is 107 Å². The third kappa shape index (κ3) is 3.81. The van der Waals surface area contributed by atoms with Gasteiger partial charge >= 0.3 is 5.69 Å². The molecule has 3 aromatic rings. The zero-order valence-electron chi connectivity index (χ0n) is 15.2. The van der Waals surface area contributed by atoms with Crippen molar-refractivity contribution in [1.82, 2.24) is 20.2 Å². The Morgan fingerprint density at radius 3 is 2.39 bits per heavy atom. The van der Waals surface area contributed by atoms with Crippen LogP contribution in [0.3, 0.4) is 0 Å². The second-order valence-corrected chi connectivity index (χ2v) is 6.62. The van der Waals surface area contributed by atoms with Crippen LogP contribution in [0.15, 0.2) is 47.3 Å². The molecule has 2 amide bonds. The highest BCUT2D eigenvalue weighted by molar-refractivity contribution is 5.97. The minimum absolute atomic E-state index is 0.00677. The van der Waals surface area contributed by atoms with Crippen molar-refractivity contribution in [2.45, 2.75) is 6.54 Å². The molecule has 0 unspecified atom stereocenters. The van der Waals surface area contributed by atoms with E-state index in [0.29, 0.717) is 55.0 Å². The van der Waals surface area contributed by atoms with Crippen molar-refractivity contribution in [1.29, 1.82) is 0 Å². The molecular weight excluding hydrogens is 360 g/mol. The fourth-order valence-corrected chi connectivity index (χ4v) is 3.17. The van der Waals surface area contributed by atoms with E-state index in [0.717, 1.165) is 5.56 Å². The third-order valence-electron chi connectivity index (χ3n) is 4.73. The van der Waals surface area contributed by atoms with Crippen molar-refractivity contribution in [3.05, 3.63) is 69.6 Å². The Morgan fingerprint density at radius 1 is 0.964 bits per heavy atom. The molecule has 1 aliphatic rings. The highest BCUT2D eigenvalue weighted by atomic mass is 16.5. The monoisotopic (exact) mass is 380 g/mol. The van der Waals surface area contributed by atoms with Crippen LogP contribution in [0.5, 0.6) is 0 Å². The molecule has 144 valence electrons. The molecule has 8 heteroatoms. The van der Waals surface area contributed by atoms with Gasteiger partial charge in [0.1, 0.15) is 0 Å². The van der Waals surface area contributed by atoms with Crippen LogP contribution in [0.2, 0.25) is 0 Å². The molecule has 3 N–H and O–H groups in total. The second-order valence-electron chi connectivity index (χ2n) is 6.62. The van der Waals surface area contributed by atoms with Gasteiger partial charge in [0.25, 0.3) is 11.8 Å². The minimum atomic E-state index is -0.306. The standard InChI is InChI=1S/C20H20N4O4/c25-18(15-5-6-16-17(11-15)23-20(27)22-16)21-12-13-1-3-14(4-2-13)19(26)24-7-9-28-10-8-24/h1-6,11H,7-10,12H2,(H,21,25)(H2,22,23,27). The summed E-state index contributed by atoms with van der Waals surface area (Å²) in [4.78, 5) is 43.2. The van der Waals surface area contributed by atoms with E-state index in [1.54, 1.807) is 35.2 Å². The average Bonchev–Trinajstić information content (AvgIpc) is 3.11. The predicted octanol–water partition coefficient (Wildman–Crippen LogP) is 1.26. The number of fused-ring (bicyclic) bond motifs is 1. The first kappa shape index (κ1) is 18.0. The summed E-state index contributed by atoms with van der Waals surface area (Å²) in [5, 5.41) is 2.85. The maximum atomic E-state index is 12.4. The molecule has 0 spiro atoms. The minimum Gasteiger partial charge on any atom is -0.378 e. The van der Waals surface area contributed by atoms with Crippen LogP contribution in [0.4, 0.5) is 0 Å². The molecular formula is C20H20N4O4. The zero-order chi connectivity index (χ0) is 19.5. The number of amides is 2. The van der Waals surface area contributed by atoms with E-state index < -0.39 is 0 Å². The number of benzene rings is 2. The van der Waals surface area contributed by atoms with Gasteiger partial charge in [-0.1, -0.05) is 12.1 Å². The van der Waals surface area contributed by atoms with Crippen molar-refractivity contribution < 1.29 is 14.3 Å². The lowest BCUT2D eigenvalue weighted by atomic mass is 10.1. The lowest BCUT2D eigenvalue weighted by Gasteiger charge is -2.26. The molecule has 1 aliphatic heterocycles. The Bertz CT molecular complexity index is 1060. The van der Waals surface area contributed by atoms with Gasteiger partial charge in [0.2, 0.25) is 0 Å². The SMILES string of the molecule is O=C(NCc1ccc(C(=O)N2CCOCC2)cc1)c1ccc2[nH]c(=O)[nH]c2c1. The summed E-state index contributed by atoms with van der Waals surface area (Å²) in [7, 11) is 0. The summed E-state index contributed by atoms with van der Waals surface area (Å²) in [6.07, 6.45) is 0. The van der Waals surface area contributed by atoms with Crippen molar-refractivity contribution in [2.75, 3.05) is 26.3 Å². The number of rotatable bonds is 4. The maximum absolute atomic E-state index is 12.4. The number of carbonyl (C=O) groups excluding carboxylic acids is 2. The molecule has 0 atom stereocenters. The van der Waals surface area contributed by atoms with Gasteiger partial charge in [0.15, 0.2) is 0 Å². The third-order valence-corrected chi connectivity index (χ3v) is 4.73. The van der Waals surface area contributed by atoms with Gasteiger partial charge in [-0.05, 0) is 35.9 Å². The van der Waals surface area contributed by atoms with Gasteiger partial charge in [-0.3, -0.25) is 9.59 Å². The molecule has 8 nitrogen and oxygen atoms in total. The fourth-order valence-electron chi connectivity index (χ4n) is 3.17. The van der Waals surface area contributed by atoms with Crippen molar-refractivity contribution in [2.24, 2.45) is 0 Å². The highest BCUT2D eigenvalue weighted by Crippen LogP contribution is 2.12. The number of nitrogens with zero attached hydrogens (tertiary/aromatic N) is 1. The quantitative estimate of drug-likeness (QED) is 0.633. The number of nitrogens with one attached hydrogen (secondary N) is 3. The fraction of sp³-hybridized carbons (Fsp3) is 0.250. The Hall–Kier alpha value is -3.39. The molecule has 0 saturated carbocycles. The first-order valence-corrected chi connectivity index (χ1v) is 9.06. The van der Waals surface area contributed by atoms with E-state index in [-0.39, 0.29) is 17.5 Å². The number of aromatic nitrogens is 2. The highest BCUT2D eigenvalue weighted by Gasteiger charge is 2.18. The van der Waals surface area contributed by atoms with E-state index in [4.69, 9.17) is 4.74 Å². The molecule has 2 aromatic carbocycles. The number of hydrogen-bond donors (Lipinski definition) is 3. The predicted molar refractivity (Wildman–Crippen MR) is 103 cm³/mol. The van der Waals surface area contributed by atoms with Gasteiger partial charge in [0, 0.05) is 30.8 Å². The molecule has 0 bridgehead atoms. The molecule has 1 saturated heterocycles. The summed E-state index contributed by atoms with van der Waals surface area (Å²) in [5.74, 6) is -0.245. The van der Waals surface area contributed by atoms with Crippen LogP contribution in [-0.4, -0.2) is 53.0 Å². The van der Waals surface area contributed by atoms with Crippen LogP contribution in [0, 0.1) is 0 Å². The molecule has 4 rings (SSSR count). The number of morpholine rings is 1. The maximum Gasteiger partial charge on any atom is 0.323 e. The number of H-pyrrole nitrogens is 2. The molecule has 0 aliphatic carbocycles. The average molecular weight is 380 g/mol. The van der Waals surface area contributed by atoms with E-state index in [9.17, 15) is 14.4 Å². The van der Waals surface area contributed by atoms with Gasteiger partial charge in [0.05, 0.1) is 24.2 Å². The number of carbonyl (C=O) groups is 2. The van der Waals surface area contributed by atoms with E-state index in [2.05, 4.69) is 15.3 Å². The lowest BCUT2D eigenvalue weighted by molar-refractivity contribution is 0.0303. The Kier molecular flexibility index (Phi) is 4.94. The Labute approximate surface area is 160 Å². The van der Waals surface area contributed by atoms with Crippen molar-refractivity contribution in [3.8, 4) is 0 Å². The van der Waals surface area contributed by atoms with Crippen LogP contribution in [0.1, 0.15) is 26.3 Å². The van der Waals surface area contributed by atoms with Gasteiger partial charge in [-0.25, -0.2) is 4.79 Å². The summed E-state index contributed by atoms with van der Waals surface area (Å²) >= 11 is 0. The largest absolute Gasteiger partial charge is 0.378 e. The summed E-state index contributed by atoms with van der Waals surface area (Å²) < 4.78 is 5.27. The number of imidazole rings is 1. The Balaban J connectivity index is 1.37. The van der Waals surface area contributed by atoms with E-state index in [1.807, 2.05) is 12.1 Å². The molecule has 2 heterocycles. The van der Waals surface area contributed by atoms with Crippen molar-refractivity contribution >= 4 is 22.8 Å². The zero-order valence-corrected chi connectivity index (χ0v) is 15.2. The summed E-state index contributed by atoms with van der Waals surface area (Å²) in [6, 6.07) is 12.2. The number of ether oxygens (including phenoxy) is 1.